The van der Waals surface area contributed by atoms with Crippen molar-refractivity contribution in [3.8, 4) is 0 Å². The number of allylic oxidation sites excluding steroid dienone is 1. The highest BCUT2D eigenvalue weighted by Crippen LogP contribution is 2.40. The molecule has 2 N–H and O–H groups in total. The van der Waals surface area contributed by atoms with E-state index < -0.39 is 0 Å². The molecule has 0 amide bonds. The van der Waals surface area contributed by atoms with Crippen LogP contribution in [0.5, 0.6) is 0 Å². The van der Waals surface area contributed by atoms with Crippen LogP contribution in [0.15, 0.2) is 12.3 Å². The zero-order chi connectivity index (χ0) is 16.3. The predicted octanol–water partition coefficient (Wildman–Crippen LogP) is 2.95. The van der Waals surface area contributed by atoms with E-state index in [2.05, 4.69) is 37.5 Å². The molecule has 1 aliphatic heterocycles. The summed E-state index contributed by atoms with van der Waals surface area (Å²) in [7, 11) is 0. The van der Waals surface area contributed by atoms with Crippen molar-refractivity contribution in [1.82, 2.24) is 10.6 Å². The molecule has 0 saturated carbocycles. The summed E-state index contributed by atoms with van der Waals surface area (Å²) < 4.78 is 10.8. The molecule has 0 aromatic rings. The molecule has 0 aliphatic carbocycles. The molecule has 4 heteroatoms. The summed E-state index contributed by atoms with van der Waals surface area (Å²) in [4.78, 5) is 0. The smallest absolute Gasteiger partial charge is 0.0885 e. The second-order valence-corrected chi connectivity index (χ2v) is 6.62. The van der Waals surface area contributed by atoms with Gasteiger partial charge < -0.3 is 20.1 Å². The highest BCUT2D eigenvalue weighted by atomic mass is 16.5. The van der Waals surface area contributed by atoms with Gasteiger partial charge >= 0.3 is 0 Å². The Hall–Kier alpha value is -0.580. The van der Waals surface area contributed by atoms with Crippen molar-refractivity contribution in [2.24, 2.45) is 11.3 Å². The molecule has 1 rings (SSSR count). The monoisotopic (exact) mass is 312 g/mol. The molecule has 1 fully saturated rings. The average molecular weight is 312 g/mol. The van der Waals surface area contributed by atoms with Crippen molar-refractivity contribution in [3.05, 3.63) is 12.3 Å². The minimum absolute atomic E-state index is 0.412. The van der Waals surface area contributed by atoms with Gasteiger partial charge in [0.2, 0.25) is 0 Å². The number of rotatable bonds is 12. The SMILES string of the molecule is CCOCCNCCCO/C=C/CCC1(C)[C@H](C)CN[C@@H]1C. The average Bonchev–Trinajstić information content (AvgIpc) is 2.76. The Morgan fingerprint density at radius 3 is 2.77 bits per heavy atom. The molecule has 3 atom stereocenters. The van der Waals surface area contributed by atoms with Crippen LogP contribution in [0, 0.1) is 11.3 Å². The Kier molecular flexibility index (Phi) is 9.76. The molecule has 22 heavy (non-hydrogen) atoms. The Bertz CT molecular complexity index is 297. The molecule has 0 aromatic heterocycles. The van der Waals surface area contributed by atoms with Crippen LogP contribution >= 0.6 is 0 Å². The number of nitrogens with one attached hydrogen (secondary N) is 2. The van der Waals surface area contributed by atoms with E-state index in [0.717, 1.165) is 58.2 Å². The summed E-state index contributed by atoms with van der Waals surface area (Å²) in [5.74, 6) is 0.750. The molecular weight excluding hydrogens is 276 g/mol. The van der Waals surface area contributed by atoms with Crippen LogP contribution in [0.25, 0.3) is 0 Å². The van der Waals surface area contributed by atoms with Crippen molar-refractivity contribution >= 4 is 0 Å². The lowest BCUT2D eigenvalue weighted by molar-refractivity contribution is 0.148. The van der Waals surface area contributed by atoms with Crippen molar-refractivity contribution in [2.45, 2.75) is 53.0 Å². The van der Waals surface area contributed by atoms with Crippen LogP contribution in [0.1, 0.15) is 47.0 Å². The van der Waals surface area contributed by atoms with Crippen molar-refractivity contribution < 1.29 is 9.47 Å². The Morgan fingerprint density at radius 1 is 1.27 bits per heavy atom. The van der Waals surface area contributed by atoms with E-state index >= 15 is 0 Å². The Morgan fingerprint density at radius 2 is 2.09 bits per heavy atom. The van der Waals surface area contributed by atoms with Crippen LogP contribution < -0.4 is 10.6 Å². The van der Waals surface area contributed by atoms with Gasteiger partial charge in [-0.05, 0) is 63.6 Å². The third kappa shape index (κ3) is 6.67. The van der Waals surface area contributed by atoms with Crippen LogP contribution in [0.2, 0.25) is 0 Å². The molecule has 1 unspecified atom stereocenters. The summed E-state index contributed by atoms with van der Waals surface area (Å²) in [5.41, 5.74) is 0.412. The standard InChI is InChI=1S/C18H36N2O2/c1-5-21-14-11-19-10-8-13-22-12-7-6-9-18(4)16(2)15-20-17(18)3/h7,12,16-17,19-20H,5-6,8-11,13-15H2,1-4H3/b12-7+/t16-,17-,18?/m1/s1. The summed E-state index contributed by atoms with van der Waals surface area (Å²) in [5, 5.41) is 6.92. The van der Waals surface area contributed by atoms with Crippen LogP contribution in [0.3, 0.4) is 0 Å². The first-order valence-electron chi connectivity index (χ1n) is 8.89. The third-order valence-electron chi connectivity index (χ3n) is 5.13. The van der Waals surface area contributed by atoms with E-state index in [1.165, 1.54) is 6.42 Å². The van der Waals surface area contributed by atoms with Gasteiger partial charge in [-0.3, -0.25) is 0 Å². The molecule has 0 spiro atoms. The Balaban J connectivity index is 1.96. The van der Waals surface area contributed by atoms with Crippen LogP contribution in [-0.2, 0) is 9.47 Å². The molecule has 1 heterocycles. The summed E-state index contributed by atoms with van der Waals surface area (Å²) in [6, 6.07) is 0.611. The molecule has 0 bridgehead atoms. The molecule has 0 aromatic carbocycles. The molecule has 130 valence electrons. The van der Waals surface area contributed by atoms with Gasteiger partial charge in [-0.15, -0.1) is 0 Å². The molecule has 4 nitrogen and oxygen atoms in total. The lowest BCUT2D eigenvalue weighted by Crippen LogP contribution is -2.33. The number of hydrogen-bond acceptors (Lipinski definition) is 4. The lowest BCUT2D eigenvalue weighted by atomic mass is 9.73. The van der Waals surface area contributed by atoms with Gasteiger partial charge in [-0.2, -0.15) is 0 Å². The maximum atomic E-state index is 5.55. The van der Waals surface area contributed by atoms with E-state index in [4.69, 9.17) is 9.47 Å². The van der Waals surface area contributed by atoms with E-state index in [1.54, 1.807) is 0 Å². The fraction of sp³-hybridized carbons (Fsp3) is 0.889. The largest absolute Gasteiger partial charge is 0.501 e. The molecular formula is C18H36N2O2. The highest BCUT2D eigenvalue weighted by molar-refractivity contribution is 4.97. The maximum absolute atomic E-state index is 5.55. The van der Waals surface area contributed by atoms with Crippen molar-refractivity contribution in [2.75, 3.05) is 39.5 Å². The summed E-state index contributed by atoms with van der Waals surface area (Å²) >= 11 is 0. The minimum Gasteiger partial charge on any atom is -0.501 e. The van der Waals surface area contributed by atoms with E-state index in [0.29, 0.717) is 11.5 Å². The van der Waals surface area contributed by atoms with E-state index in [9.17, 15) is 0 Å². The zero-order valence-electron chi connectivity index (χ0n) is 15.0. The number of ether oxygens (including phenoxy) is 2. The van der Waals surface area contributed by atoms with Crippen molar-refractivity contribution in [1.29, 1.82) is 0 Å². The van der Waals surface area contributed by atoms with E-state index in [-0.39, 0.29) is 0 Å². The fourth-order valence-electron chi connectivity index (χ4n) is 3.00. The van der Waals surface area contributed by atoms with Gasteiger partial charge in [0.15, 0.2) is 0 Å². The van der Waals surface area contributed by atoms with E-state index in [1.807, 2.05) is 13.2 Å². The third-order valence-corrected chi connectivity index (χ3v) is 5.13. The normalized spacial score (nSPS) is 28.5. The molecule has 1 aliphatic rings. The second kappa shape index (κ2) is 11.0. The topological polar surface area (TPSA) is 42.5 Å². The predicted molar refractivity (Wildman–Crippen MR) is 93.0 cm³/mol. The second-order valence-electron chi connectivity index (χ2n) is 6.62. The quantitative estimate of drug-likeness (QED) is 0.429. The van der Waals surface area contributed by atoms with Gasteiger partial charge in [-0.25, -0.2) is 0 Å². The summed E-state index contributed by atoms with van der Waals surface area (Å²) in [6.07, 6.45) is 7.40. The lowest BCUT2D eigenvalue weighted by Gasteiger charge is -2.32. The molecule has 0 radical (unpaired) electrons. The van der Waals surface area contributed by atoms with Gasteiger partial charge in [0.25, 0.3) is 0 Å². The van der Waals surface area contributed by atoms with Crippen LogP contribution in [0.4, 0.5) is 0 Å². The fourth-order valence-corrected chi connectivity index (χ4v) is 3.00. The van der Waals surface area contributed by atoms with Gasteiger partial charge in [0.1, 0.15) is 0 Å². The highest BCUT2D eigenvalue weighted by Gasteiger charge is 2.40. The Labute approximate surface area is 137 Å². The van der Waals surface area contributed by atoms with Gasteiger partial charge in [-0.1, -0.05) is 13.8 Å². The molecule has 1 saturated heterocycles. The first-order valence-corrected chi connectivity index (χ1v) is 8.89. The maximum Gasteiger partial charge on any atom is 0.0885 e. The van der Waals surface area contributed by atoms with Crippen molar-refractivity contribution in [3.63, 3.8) is 0 Å². The van der Waals surface area contributed by atoms with Gasteiger partial charge in [0.05, 0.1) is 19.5 Å². The zero-order valence-corrected chi connectivity index (χ0v) is 15.0. The number of hydrogen-bond donors (Lipinski definition) is 2. The van der Waals surface area contributed by atoms with Crippen LogP contribution in [-0.4, -0.2) is 45.5 Å². The summed E-state index contributed by atoms with van der Waals surface area (Å²) in [6.45, 7) is 14.5. The van der Waals surface area contributed by atoms with Gasteiger partial charge in [0, 0.05) is 19.2 Å². The first kappa shape index (κ1) is 19.5. The first-order chi connectivity index (χ1) is 10.6. The minimum atomic E-state index is 0.412.